The average molecular weight is 356 g/mol. The Morgan fingerprint density at radius 3 is 2.72 bits per heavy atom. The van der Waals surface area contributed by atoms with Gasteiger partial charge in [0.15, 0.2) is 0 Å². The van der Waals surface area contributed by atoms with Crippen LogP contribution in [0.25, 0.3) is 16.6 Å². The second kappa shape index (κ2) is 6.41. The Morgan fingerprint density at radius 1 is 1.28 bits per heavy atom. The topological polar surface area (TPSA) is 56.2 Å². The van der Waals surface area contributed by atoms with Gasteiger partial charge in [-0.3, -0.25) is 4.57 Å². The standard InChI is InChI=1S/C19H18ClN3O2/c1-21-18-17-15(9-13(20)10-16(17)25-11-12-7-8-12)23(19(24)22-18)14-5-3-2-4-6-14/h2-6,9-10,12H,7-8,11H2,1H3,(H,21,22,24). The molecule has 1 aliphatic rings. The van der Waals surface area contributed by atoms with Crippen LogP contribution in [0.5, 0.6) is 5.75 Å². The monoisotopic (exact) mass is 355 g/mol. The molecule has 1 N–H and O–H groups in total. The summed E-state index contributed by atoms with van der Waals surface area (Å²) in [6.07, 6.45) is 2.40. The molecule has 3 aromatic rings. The van der Waals surface area contributed by atoms with E-state index in [1.807, 2.05) is 30.3 Å². The van der Waals surface area contributed by atoms with E-state index in [2.05, 4.69) is 10.3 Å². The minimum atomic E-state index is -0.363. The lowest BCUT2D eigenvalue weighted by Gasteiger charge is -2.16. The fourth-order valence-electron chi connectivity index (χ4n) is 2.90. The molecule has 1 fully saturated rings. The Bertz CT molecular complexity index is 981. The van der Waals surface area contributed by atoms with Gasteiger partial charge in [0, 0.05) is 12.1 Å². The van der Waals surface area contributed by atoms with Crippen LogP contribution in [-0.2, 0) is 0 Å². The third-order valence-corrected chi connectivity index (χ3v) is 4.56. The molecule has 0 radical (unpaired) electrons. The summed E-state index contributed by atoms with van der Waals surface area (Å²) in [5.74, 6) is 1.76. The van der Waals surface area contributed by atoms with Crippen molar-refractivity contribution in [1.82, 2.24) is 9.55 Å². The number of fused-ring (bicyclic) bond motifs is 1. The maximum atomic E-state index is 12.6. The number of aromatic nitrogens is 2. The highest BCUT2D eigenvalue weighted by Gasteiger charge is 2.23. The number of anilines is 1. The van der Waals surface area contributed by atoms with Gasteiger partial charge in [0.1, 0.15) is 11.6 Å². The second-order valence-electron chi connectivity index (χ2n) is 6.22. The molecule has 1 aromatic heterocycles. The lowest BCUT2D eigenvalue weighted by atomic mass is 10.2. The van der Waals surface area contributed by atoms with Gasteiger partial charge >= 0.3 is 5.69 Å². The molecule has 6 heteroatoms. The molecule has 1 aliphatic carbocycles. The van der Waals surface area contributed by atoms with Gasteiger partial charge in [-0.25, -0.2) is 4.79 Å². The molecule has 5 nitrogen and oxygen atoms in total. The van der Waals surface area contributed by atoms with Crippen molar-refractivity contribution in [3.05, 3.63) is 58.0 Å². The quantitative estimate of drug-likeness (QED) is 0.754. The summed E-state index contributed by atoms with van der Waals surface area (Å²) in [4.78, 5) is 16.8. The van der Waals surface area contributed by atoms with E-state index in [9.17, 15) is 4.79 Å². The van der Waals surface area contributed by atoms with E-state index < -0.39 is 0 Å². The van der Waals surface area contributed by atoms with E-state index in [0.717, 1.165) is 11.1 Å². The summed E-state index contributed by atoms with van der Waals surface area (Å²) in [6.45, 7) is 0.656. The van der Waals surface area contributed by atoms with Gasteiger partial charge in [0.05, 0.1) is 23.2 Å². The van der Waals surface area contributed by atoms with E-state index in [-0.39, 0.29) is 5.69 Å². The highest BCUT2D eigenvalue weighted by atomic mass is 35.5. The third-order valence-electron chi connectivity index (χ3n) is 4.35. The van der Waals surface area contributed by atoms with E-state index in [1.54, 1.807) is 23.7 Å². The van der Waals surface area contributed by atoms with Crippen molar-refractivity contribution in [2.75, 3.05) is 19.0 Å². The van der Waals surface area contributed by atoms with Crippen LogP contribution in [0.4, 0.5) is 5.82 Å². The molecule has 1 saturated carbocycles. The molecule has 0 unspecified atom stereocenters. The lowest BCUT2D eigenvalue weighted by molar-refractivity contribution is 0.303. The number of hydrogen-bond donors (Lipinski definition) is 1. The highest BCUT2D eigenvalue weighted by molar-refractivity contribution is 6.31. The zero-order chi connectivity index (χ0) is 17.4. The normalized spacial score (nSPS) is 13.8. The minimum Gasteiger partial charge on any atom is -0.492 e. The summed E-state index contributed by atoms with van der Waals surface area (Å²) < 4.78 is 7.58. The first-order valence-corrected chi connectivity index (χ1v) is 8.67. The van der Waals surface area contributed by atoms with Crippen LogP contribution < -0.4 is 15.7 Å². The van der Waals surface area contributed by atoms with Crippen LogP contribution in [-0.4, -0.2) is 23.2 Å². The second-order valence-corrected chi connectivity index (χ2v) is 6.65. The maximum Gasteiger partial charge on any atom is 0.354 e. The number of nitrogens with zero attached hydrogens (tertiary/aromatic N) is 2. The fourth-order valence-corrected chi connectivity index (χ4v) is 3.10. The predicted octanol–water partition coefficient (Wildman–Crippen LogP) is 3.87. The number of halogens is 1. The first kappa shape index (κ1) is 16.0. The van der Waals surface area contributed by atoms with Crippen molar-refractivity contribution in [3.63, 3.8) is 0 Å². The van der Waals surface area contributed by atoms with Crippen molar-refractivity contribution < 1.29 is 4.74 Å². The van der Waals surface area contributed by atoms with E-state index in [0.29, 0.717) is 34.6 Å². The molecular weight excluding hydrogens is 338 g/mol. The summed E-state index contributed by atoms with van der Waals surface area (Å²) in [5.41, 5.74) is 1.05. The van der Waals surface area contributed by atoms with Gasteiger partial charge in [-0.1, -0.05) is 29.8 Å². The van der Waals surface area contributed by atoms with E-state index in [1.165, 1.54) is 12.8 Å². The molecule has 0 spiro atoms. The molecule has 2 aromatic carbocycles. The van der Waals surface area contributed by atoms with Gasteiger partial charge < -0.3 is 10.1 Å². The van der Waals surface area contributed by atoms with Crippen LogP contribution in [0.1, 0.15) is 12.8 Å². The largest absolute Gasteiger partial charge is 0.492 e. The molecule has 4 rings (SSSR count). The van der Waals surface area contributed by atoms with Crippen molar-refractivity contribution in [1.29, 1.82) is 0 Å². The molecule has 0 aliphatic heterocycles. The molecule has 0 saturated heterocycles. The Labute approximate surface area is 150 Å². The summed E-state index contributed by atoms with van der Waals surface area (Å²) in [6, 6.07) is 13.0. The van der Waals surface area contributed by atoms with Crippen LogP contribution in [0.2, 0.25) is 5.02 Å². The van der Waals surface area contributed by atoms with Gasteiger partial charge in [0.2, 0.25) is 0 Å². The summed E-state index contributed by atoms with van der Waals surface area (Å²) >= 11 is 6.33. The molecule has 25 heavy (non-hydrogen) atoms. The van der Waals surface area contributed by atoms with Crippen LogP contribution >= 0.6 is 11.6 Å². The Kier molecular flexibility index (Phi) is 4.09. The number of nitrogens with one attached hydrogen (secondary N) is 1. The van der Waals surface area contributed by atoms with Gasteiger partial charge in [-0.05, 0) is 43.0 Å². The zero-order valence-electron chi connectivity index (χ0n) is 13.8. The molecule has 0 atom stereocenters. The Balaban J connectivity index is 1.99. The number of para-hydroxylation sites is 1. The molecule has 0 bridgehead atoms. The third kappa shape index (κ3) is 3.07. The first-order chi connectivity index (χ1) is 12.2. The molecule has 128 valence electrons. The van der Waals surface area contributed by atoms with Crippen molar-refractivity contribution in [2.45, 2.75) is 12.8 Å². The van der Waals surface area contributed by atoms with Crippen molar-refractivity contribution in [3.8, 4) is 11.4 Å². The van der Waals surface area contributed by atoms with Crippen LogP contribution in [0.15, 0.2) is 47.3 Å². The van der Waals surface area contributed by atoms with Crippen molar-refractivity contribution in [2.24, 2.45) is 5.92 Å². The van der Waals surface area contributed by atoms with E-state index >= 15 is 0 Å². The lowest BCUT2D eigenvalue weighted by Crippen LogP contribution is -2.23. The smallest absolute Gasteiger partial charge is 0.354 e. The van der Waals surface area contributed by atoms with Gasteiger partial charge in [0.25, 0.3) is 0 Å². The zero-order valence-corrected chi connectivity index (χ0v) is 14.6. The van der Waals surface area contributed by atoms with Gasteiger partial charge in [-0.15, -0.1) is 0 Å². The summed E-state index contributed by atoms with van der Waals surface area (Å²) in [7, 11) is 1.74. The fraction of sp³-hybridized carbons (Fsp3) is 0.263. The molecule has 0 amide bonds. The van der Waals surface area contributed by atoms with Crippen LogP contribution in [0.3, 0.4) is 0 Å². The van der Waals surface area contributed by atoms with E-state index in [4.69, 9.17) is 16.3 Å². The Hall–Kier alpha value is -2.53. The first-order valence-electron chi connectivity index (χ1n) is 8.29. The maximum absolute atomic E-state index is 12.6. The number of benzene rings is 2. The highest BCUT2D eigenvalue weighted by Crippen LogP contribution is 2.36. The summed E-state index contributed by atoms with van der Waals surface area (Å²) in [5, 5.41) is 4.29. The SMILES string of the molecule is CNc1nc(=O)n(-c2ccccc2)c2cc(Cl)cc(OCC3CC3)c12. The average Bonchev–Trinajstić information content (AvgIpc) is 3.43. The van der Waals surface area contributed by atoms with Gasteiger partial charge in [-0.2, -0.15) is 4.98 Å². The van der Waals surface area contributed by atoms with Crippen LogP contribution in [0, 0.1) is 5.92 Å². The molecule has 1 heterocycles. The number of hydrogen-bond acceptors (Lipinski definition) is 4. The number of rotatable bonds is 5. The Morgan fingerprint density at radius 2 is 2.04 bits per heavy atom. The minimum absolute atomic E-state index is 0.363. The predicted molar refractivity (Wildman–Crippen MR) is 100 cm³/mol. The number of ether oxygens (including phenoxy) is 1. The van der Waals surface area contributed by atoms with Crippen molar-refractivity contribution >= 4 is 28.3 Å². The molecular formula is C19H18ClN3O2.